The first-order valence-corrected chi connectivity index (χ1v) is 8.02. The lowest BCUT2D eigenvalue weighted by atomic mass is 9.90. The van der Waals surface area contributed by atoms with E-state index in [1.807, 2.05) is 43.5 Å². The molecule has 0 fully saturated rings. The van der Waals surface area contributed by atoms with Gasteiger partial charge in [0.15, 0.2) is 0 Å². The minimum absolute atomic E-state index is 0.0220. The first-order chi connectivity index (χ1) is 10.9. The SMILES string of the molecule is CC(C)CC(C)(CN)NC(=O)Cc1cnn(-c2ccccc2)c1. The first kappa shape index (κ1) is 17.2. The van der Waals surface area contributed by atoms with Crippen molar-refractivity contribution in [1.82, 2.24) is 15.1 Å². The Kier molecular flexibility index (Phi) is 5.55. The Bertz CT molecular complexity index is 635. The van der Waals surface area contributed by atoms with Crippen LogP contribution in [0.2, 0.25) is 0 Å². The average Bonchev–Trinajstić information content (AvgIpc) is 2.95. The Morgan fingerprint density at radius 1 is 1.35 bits per heavy atom. The van der Waals surface area contributed by atoms with Crippen LogP contribution >= 0.6 is 0 Å². The van der Waals surface area contributed by atoms with Gasteiger partial charge in [0, 0.05) is 18.3 Å². The van der Waals surface area contributed by atoms with Gasteiger partial charge in [-0.3, -0.25) is 4.79 Å². The summed E-state index contributed by atoms with van der Waals surface area (Å²) in [5.74, 6) is 0.455. The molecule has 3 N–H and O–H groups in total. The van der Waals surface area contributed by atoms with E-state index in [2.05, 4.69) is 24.3 Å². The molecule has 0 saturated heterocycles. The molecule has 1 heterocycles. The quantitative estimate of drug-likeness (QED) is 0.823. The molecule has 2 rings (SSSR count). The fourth-order valence-electron chi connectivity index (χ4n) is 2.83. The van der Waals surface area contributed by atoms with Gasteiger partial charge in [-0.1, -0.05) is 32.0 Å². The lowest BCUT2D eigenvalue weighted by Crippen LogP contribution is -2.52. The number of benzene rings is 1. The Balaban J connectivity index is 1.99. The summed E-state index contributed by atoms with van der Waals surface area (Å²) in [6.45, 7) is 6.69. The minimum Gasteiger partial charge on any atom is -0.349 e. The highest BCUT2D eigenvalue weighted by Gasteiger charge is 2.25. The predicted octanol–water partition coefficient (Wildman–Crippen LogP) is 2.29. The fourth-order valence-corrected chi connectivity index (χ4v) is 2.83. The van der Waals surface area contributed by atoms with Crippen molar-refractivity contribution in [1.29, 1.82) is 0 Å². The van der Waals surface area contributed by atoms with Crippen molar-refractivity contribution >= 4 is 5.91 Å². The molecule has 1 atom stereocenters. The number of para-hydroxylation sites is 1. The van der Waals surface area contributed by atoms with Crippen LogP contribution in [0.3, 0.4) is 0 Å². The van der Waals surface area contributed by atoms with E-state index < -0.39 is 0 Å². The highest BCUT2D eigenvalue weighted by Crippen LogP contribution is 2.16. The van der Waals surface area contributed by atoms with Crippen LogP contribution in [0.5, 0.6) is 0 Å². The maximum Gasteiger partial charge on any atom is 0.225 e. The minimum atomic E-state index is -0.360. The Morgan fingerprint density at radius 2 is 2.04 bits per heavy atom. The zero-order chi connectivity index (χ0) is 16.9. The third kappa shape index (κ3) is 4.93. The van der Waals surface area contributed by atoms with Crippen LogP contribution in [0.15, 0.2) is 42.7 Å². The van der Waals surface area contributed by atoms with Crippen LogP contribution in [0.25, 0.3) is 5.69 Å². The van der Waals surface area contributed by atoms with Crippen LogP contribution in [0.1, 0.15) is 32.8 Å². The van der Waals surface area contributed by atoms with Crippen molar-refractivity contribution in [3.63, 3.8) is 0 Å². The molecule has 0 bridgehead atoms. The van der Waals surface area contributed by atoms with E-state index in [4.69, 9.17) is 5.73 Å². The highest BCUT2D eigenvalue weighted by molar-refractivity contribution is 5.79. The summed E-state index contributed by atoms with van der Waals surface area (Å²) < 4.78 is 1.78. The molecule has 0 spiro atoms. The Morgan fingerprint density at radius 3 is 2.65 bits per heavy atom. The van der Waals surface area contributed by atoms with Gasteiger partial charge in [0.05, 0.1) is 18.3 Å². The zero-order valence-corrected chi connectivity index (χ0v) is 14.1. The molecule has 5 heteroatoms. The van der Waals surface area contributed by atoms with Crippen molar-refractivity contribution in [3.05, 3.63) is 48.3 Å². The number of rotatable bonds is 7. The van der Waals surface area contributed by atoms with E-state index in [1.165, 1.54) is 0 Å². The molecular formula is C18H26N4O. The lowest BCUT2D eigenvalue weighted by molar-refractivity contribution is -0.122. The van der Waals surface area contributed by atoms with Crippen LogP contribution in [-0.2, 0) is 11.2 Å². The molecular weight excluding hydrogens is 288 g/mol. The summed E-state index contributed by atoms with van der Waals surface area (Å²) in [4.78, 5) is 12.3. The number of nitrogens with two attached hydrogens (primary N) is 1. The Hall–Kier alpha value is -2.14. The van der Waals surface area contributed by atoms with Gasteiger partial charge in [-0.05, 0) is 37.0 Å². The zero-order valence-electron chi connectivity index (χ0n) is 14.1. The third-order valence-corrected chi connectivity index (χ3v) is 3.77. The predicted molar refractivity (Wildman–Crippen MR) is 92.3 cm³/mol. The normalized spacial score (nSPS) is 13.8. The number of hydrogen-bond acceptors (Lipinski definition) is 3. The molecule has 0 radical (unpaired) electrons. The number of hydrogen-bond donors (Lipinski definition) is 2. The summed E-state index contributed by atoms with van der Waals surface area (Å²) in [5, 5.41) is 7.39. The summed E-state index contributed by atoms with van der Waals surface area (Å²) in [7, 11) is 0. The molecule has 0 aliphatic heterocycles. The second-order valence-electron chi connectivity index (χ2n) is 6.72. The van der Waals surface area contributed by atoms with E-state index in [0.717, 1.165) is 17.7 Å². The molecule has 1 amide bonds. The molecule has 2 aromatic rings. The topological polar surface area (TPSA) is 72.9 Å². The van der Waals surface area contributed by atoms with Gasteiger partial charge < -0.3 is 11.1 Å². The second kappa shape index (κ2) is 7.42. The Labute approximate surface area is 137 Å². The molecule has 0 saturated carbocycles. The number of nitrogens with one attached hydrogen (secondary N) is 1. The number of carbonyl (C=O) groups is 1. The van der Waals surface area contributed by atoms with E-state index in [1.54, 1.807) is 10.9 Å². The molecule has 5 nitrogen and oxygen atoms in total. The summed E-state index contributed by atoms with van der Waals surface area (Å²) >= 11 is 0. The maximum atomic E-state index is 12.3. The largest absolute Gasteiger partial charge is 0.349 e. The van der Waals surface area contributed by atoms with E-state index >= 15 is 0 Å². The molecule has 23 heavy (non-hydrogen) atoms. The third-order valence-electron chi connectivity index (χ3n) is 3.77. The van der Waals surface area contributed by atoms with Gasteiger partial charge in [-0.25, -0.2) is 4.68 Å². The smallest absolute Gasteiger partial charge is 0.225 e. The number of amides is 1. The first-order valence-electron chi connectivity index (χ1n) is 8.02. The average molecular weight is 314 g/mol. The van der Waals surface area contributed by atoms with Crippen molar-refractivity contribution in [3.8, 4) is 5.69 Å². The van der Waals surface area contributed by atoms with E-state index in [-0.39, 0.29) is 11.4 Å². The molecule has 1 aromatic heterocycles. The van der Waals surface area contributed by atoms with Crippen LogP contribution in [0, 0.1) is 5.92 Å². The number of carbonyl (C=O) groups excluding carboxylic acids is 1. The summed E-state index contributed by atoms with van der Waals surface area (Å²) in [6, 6.07) is 9.84. The molecule has 124 valence electrons. The van der Waals surface area contributed by atoms with Gasteiger partial charge in [0.1, 0.15) is 0 Å². The maximum absolute atomic E-state index is 12.3. The fraction of sp³-hybridized carbons (Fsp3) is 0.444. The van der Waals surface area contributed by atoms with Crippen molar-refractivity contribution in [2.45, 2.75) is 39.2 Å². The molecule has 1 unspecified atom stereocenters. The molecule has 0 aliphatic carbocycles. The second-order valence-corrected chi connectivity index (χ2v) is 6.72. The number of nitrogens with zero attached hydrogens (tertiary/aromatic N) is 2. The van der Waals surface area contributed by atoms with Crippen LogP contribution in [0.4, 0.5) is 0 Å². The molecule has 1 aromatic carbocycles. The van der Waals surface area contributed by atoms with Gasteiger partial charge >= 0.3 is 0 Å². The monoisotopic (exact) mass is 314 g/mol. The van der Waals surface area contributed by atoms with Gasteiger partial charge in [-0.15, -0.1) is 0 Å². The van der Waals surface area contributed by atoms with Gasteiger partial charge in [0.2, 0.25) is 5.91 Å². The van der Waals surface area contributed by atoms with Crippen LogP contribution < -0.4 is 11.1 Å². The standard InChI is InChI=1S/C18H26N4O/c1-14(2)10-18(3,13-19)21-17(23)9-15-11-20-22(12-15)16-7-5-4-6-8-16/h4-8,11-12,14H,9-10,13,19H2,1-3H3,(H,21,23). The summed E-state index contributed by atoms with van der Waals surface area (Å²) in [5.41, 5.74) is 7.35. The van der Waals surface area contributed by atoms with Crippen LogP contribution in [-0.4, -0.2) is 27.8 Å². The lowest BCUT2D eigenvalue weighted by Gasteiger charge is -2.31. The summed E-state index contributed by atoms with van der Waals surface area (Å²) in [6.07, 6.45) is 4.78. The van der Waals surface area contributed by atoms with Crippen molar-refractivity contribution in [2.75, 3.05) is 6.54 Å². The van der Waals surface area contributed by atoms with Crippen molar-refractivity contribution in [2.24, 2.45) is 11.7 Å². The van der Waals surface area contributed by atoms with E-state index in [0.29, 0.717) is 18.9 Å². The van der Waals surface area contributed by atoms with Gasteiger partial charge in [-0.2, -0.15) is 5.10 Å². The van der Waals surface area contributed by atoms with E-state index in [9.17, 15) is 4.79 Å². The van der Waals surface area contributed by atoms with Crippen molar-refractivity contribution < 1.29 is 4.79 Å². The molecule has 0 aliphatic rings. The number of aromatic nitrogens is 2. The van der Waals surface area contributed by atoms with Gasteiger partial charge in [0.25, 0.3) is 0 Å². The highest BCUT2D eigenvalue weighted by atomic mass is 16.1.